The SMILES string of the molecule is CCCCOCCOc1c(F)cccc1C(C)NC. The van der Waals surface area contributed by atoms with Crippen LogP contribution in [0.5, 0.6) is 5.75 Å². The van der Waals surface area contributed by atoms with Crippen molar-refractivity contribution in [3.8, 4) is 5.75 Å². The van der Waals surface area contributed by atoms with Crippen molar-refractivity contribution in [1.82, 2.24) is 5.32 Å². The molecule has 0 fully saturated rings. The number of ether oxygens (including phenoxy) is 2. The molecule has 0 saturated heterocycles. The number of benzene rings is 1. The summed E-state index contributed by atoms with van der Waals surface area (Å²) in [4.78, 5) is 0. The van der Waals surface area contributed by atoms with Gasteiger partial charge in [-0.05, 0) is 26.5 Å². The Kier molecular flexibility index (Phi) is 7.45. The minimum Gasteiger partial charge on any atom is -0.488 e. The molecule has 3 nitrogen and oxygen atoms in total. The molecule has 19 heavy (non-hydrogen) atoms. The molecular weight excluding hydrogens is 245 g/mol. The van der Waals surface area contributed by atoms with Crippen LogP contribution >= 0.6 is 0 Å². The molecule has 1 aromatic carbocycles. The number of unbranched alkanes of at least 4 members (excludes halogenated alkanes) is 1. The maximum atomic E-state index is 13.8. The quantitative estimate of drug-likeness (QED) is 0.698. The Morgan fingerprint density at radius 3 is 2.74 bits per heavy atom. The highest BCUT2D eigenvalue weighted by Gasteiger charge is 2.14. The Morgan fingerprint density at radius 1 is 1.26 bits per heavy atom. The van der Waals surface area contributed by atoms with Crippen molar-refractivity contribution in [2.45, 2.75) is 32.7 Å². The van der Waals surface area contributed by atoms with E-state index in [1.54, 1.807) is 6.07 Å². The lowest BCUT2D eigenvalue weighted by atomic mass is 10.1. The molecule has 1 aromatic rings. The fraction of sp³-hybridized carbons (Fsp3) is 0.600. The molecule has 0 heterocycles. The lowest BCUT2D eigenvalue weighted by Gasteiger charge is -2.17. The molecule has 1 unspecified atom stereocenters. The third-order valence-corrected chi connectivity index (χ3v) is 3.01. The van der Waals surface area contributed by atoms with Crippen LogP contribution in [0.1, 0.15) is 38.3 Å². The number of para-hydroxylation sites is 1. The second kappa shape index (κ2) is 8.88. The molecule has 0 aliphatic rings. The lowest BCUT2D eigenvalue weighted by Crippen LogP contribution is -2.16. The zero-order chi connectivity index (χ0) is 14.1. The molecule has 1 N–H and O–H groups in total. The Bertz CT molecular complexity index is 371. The van der Waals surface area contributed by atoms with Gasteiger partial charge in [0.1, 0.15) is 6.61 Å². The molecule has 1 rings (SSSR count). The first-order valence-electron chi connectivity index (χ1n) is 6.86. The van der Waals surface area contributed by atoms with Gasteiger partial charge in [0.25, 0.3) is 0 Å². The molecule has 108 valence electrons. The van der Waals surface area contributed by atoms with Gasteiger partial charge in [-0.1, -0.05) is 25.5 Å². The third-order valence-electron chi connectivity index (χ3n) is 3.01. The molecule has 0 aliphatic carbocycles. The summed E-state index contributed by atoms with van der Waals surface area (Å²) in [5.41, 5.74) is 0.830. The smallest absolute Gasteiger partial charge is 0.165 e. The summed E-state index contributed by atoms with van der Waals surface area (Å²) in [5, 5.41) is 3.09. The van der Waals surface area contributed by atoms with Crippen molar-refractivity contribution in [3.05, 3.63) is 29.6 Å². The molecule has 0 saturated carbocycles. The second-order valence-corrected chi connectivity index (χ2v) is 4.48. The Hall–Kier alpha value is -1.13. The van der Waals surface area contributed by atoms with E-state index in [0.717, 1.165) is 25.0 Å². The van der Waals surface area contributed by atoms with Crippen LogP contribution < -0.4 is 10.1 Å². The van der Waals surface area contributed by atoms with Gasteiger partial charge in [-0.25, -0.2) is 4.39 Å². The highest BCUT2D eigenvalue weighted by Crippen LogP contribution is 2.27. The van der Waals surface area contributed by atoms with Gasteiger partial charge in [0.05, 0.1) is 6.61 Å². The number of nitrogens with one attached hydrogen (secondary N) is 1. The summed E-state index contributed by atoms with van der Waals surface area (Å²) < 4.78 is 24.7. The Labute approximate surface area is 115 Å². The van der Waals surface area contributed by atoms with E-state index in [2.05, 4.69) is 12.2 Å². The number of hydrogen-bond donors (Lipinski definition) is 1. The summed E-state index contributed by atoms with van der Waals surface area (Å²) in [6, 6.07) is 5.03. The Morgan fingerprint density at radius 2 is 2.05 bits per heavy atom. The largest absolute Gasteiger partial charge is 0.488 e. The van der Waals surface area contributed by atoms with Crippen molar-refractivity contribution >= 4 is 0 Å². The third kappa shape index (κ3) is 5.17. The molecule has 0 aromatic heterocycles. The van der Waals surface area contributed by atoms with Crippen LogP contribution in [-0.2, 0) is 4.74 Å². The first kappa shape index (κ1) is 15.9. The van der Waals surface area contributed by atoms with Crippen LogP contribution in [0.3, 0.4) is 0 Å². The summed E-state index contributed by atoms with van der Waals surface area (Å²) >= 11 is 0. The second-order valence-electron chi connectivity index (χ2n) is 4.48. The van der Waals surface area contributed by atoms with E-state index in [1.807, 2.05) is 20.0 Å². The maximum Gasteiger partial charge on any atom is 0.165 e. The molecule has 0 aliphatic heterocycles. The van der Waals surface area contributed by atoms with E-state index in [4.69, 9.17) is 9.47 Å². The predicted octanol–water partition coefficient (Wildman–Crippen LogP) is 3.30. The fourth-order valence-electron chi connectivity index (χ4n) is 1.73. The summed E-state index contributed by atoms with van der Waals surface area (Å²) in [6.07, 6.45) is 2.15. The normalized spacial score (nSPS) is 12.4. The number of hydrogen-bond acceptors (Lipinski definition) is 3. The average molecular weight is 269 g/mol. The van der Waals surface area contributed by atoms with Crippen LogP contribution in [-0.4, -0.2) is 26.9 Å². The van der Waals surface area contributed by atoms with E-state index >= 15 is 0 Å². The lowest BCUT2D eigenvalue weighted by molar-refractivity contribution is 0.0961. The summed E-state index contributed by atoms with van der Waals surface area (Å²) in [5.74, 6) is -0.00315. The van der Waals surface area contributed by atoms with Gasteiger partial charge in [0.2, 0.25) is 0 Å². The molecular formula is C15H24FNO2. The van der Waals surface area contributed by atoms with Crippen LogP contribution in [0.4, 0.5) is 4.39 Å². The highest BCUT2D eigenvalue weighted by molar-refractivity contribution is 5.37. The van der Waals surface area contributed by atoms with Gasteiger partial charge in [-0.15, -0.1) is 0 Å². The monoisotopic (exact) mass is 269 g/mol. The maximum absolute atomic E-state index is 13.8. The predicted molar refractivity (Wildman–Crippen MR) is 75.1 cm³/mol. The van der Waals surface area contributed by atoms with Crippen LogP contribution in [0, 0.1) is 5.82 Å². The zero-order valence-corrected chi connectivity index (χ0v) is 12.0. The van der Waals surface area contributed by atoms with Crippen molar-refractivity contribution in [3.63, 3.8) is 0 Å². The average Bonchev–Trinajstić information content (AvgIpc) is 2.43. The van der Waals surface area contributed by atoms with Crippen LogP contribution in [0.25, 0.3) is 0 Å². The minimum absolute atomic E-state index is 0.0479. The molecule has 4 heteroatoms. The van der Waals surface area contributed by atoms with E-state index in [0.29, 0.717) is 19.0 Å². The van der Waals surface area contributed by atoms with Gasteiger partial charge in [-0.3, -0.25) is 0 Å². The number of halogens is 1. The van der Waals surface area contributed by atoms with Crippen molar-refractivity contribution in [2.24, 2.45) is 0 Å². The van der Waals surface area contributed by atoms with Gasteiger partial charge in [-0.2, -0.15) is 0 Å². The fourth-order valence-corrected chi connectivity index (χ4v) is 1.73. The van der Waals surface area contributed by atoms with Crippen molar-refractivity contribution in [2.75, 3.05) is 26.9 Å². The molecule has 0 radical (unpaired) electrons. The van der Waals surface area contributed by atoms with Crippen LogP contribution in [0.2, 0.25) is 0 Å². The first-order chi connectivity index (χ1) is 9.20. The van der Waals surface area contributed by atoms with Gasteiger partial charge in [0.15, 0.2) is 11.6 Å². The van der Waals surface area contributed by atoms with Crippen LogP contribution in [0.15, 0.2) is 18.2 Å². The van der Waals surface area contributed by atoms with E-state index in [9.17, 15) is 4.39 Å². The van der Waals surface area contributed by atoms with Crippen molar-refractivity contribution in [1.29, 1.82) is 0 Å². The summed E-state index contributed by atoms with van der Waals surface area (Å²) in [7, 11) is 1.84. The van der Waals surface area contributed by atoms with E-state index in [-0.39, 0.29) is 11.9 Å². The van der Waals surface area contributed by atoms with Gasteiger partial charge >= 0.3 is 0 Å². The minimum atomic E-state index is -0.326. The first-order valence-corrected chi connectivity index (χ1v) is 6.86. The zero-order valence-electron chi connectivity index (χ0n) is 12.0. The standard InChI is InChI=1S/C15H24FNO2/c1-4-5-9-18-10-11-19-15-13(12(2)17-3)7-6-8-14(15)16/h6-8,12,17H,4-5,9-11H2,1-3H3. The summed E-state index contributed by atoms with van der Waals surface area (Å²) in [6.45, 7) is 5.68. The van der Waals surface area contributed by atoms with E-state index < -0.39 is 0 Å². The highest BCUT2D eigenvalue weighted by atomic mass is 19.1. The molecule has 0 spiro atoms. The van der Waals surface area contributed by atoms with Gasteiger partial charge < -0.3 is 14.8 Å². The van der Waals surface area contributed by atoms with E-state index in [1.165, 1.54) is 6.07 Å². The Balaban J connectivity index is 2.52. The van der Waals surface area contributed by atoms with Gasteiger partial charge in [0, 0.05) is 18.2 Å². The number of rotatable bonds is 9. The topological polar surface area (TPSA) is 30.5 Å². The molecule has 1 atom stereocenters. The van der Waals surface area contributed by atoms with Crippen molar-refractivity contribution < 1.29 is 13.9 Å². The molecule has 0 amide bonds. The molecule has 0 bridgehead atoms.